The number of methoxy groups -OCH3 is 1. The van der Waals surface area contributed by atoms with Crippen molar-refractivity contribution in [1.29, 1.82) is 0 Å². The molecule has 1 aromatic carbocycles. The largest absolute Gasteiger partial charge is 0.496 e. The Labute approximate surface area is 126 Å². The van der Waals surface area contributed by atoms with Crippen LogP contribution in [0.15, 0.2) is 18.2 Å². The molecular formula is C12H15IN2O2S. The second-order valence-electron chi connectivity index (χ2n) is 3.93. The quantitative estimate of drug-likeness (QED) is 0.626. The molecule has 18 heavy (non-hydrogen) atoms. The molecule has 0 atom stereocenters. The third kappa shape index (κ3) is 4.41. The van der Waals surface area contributed by atoms with Gasteiger partial charge in [-0.15, -0.1) is 0 Å². The first-order chi connectivity index (χ1) is 8.43. The van der Waals surface area contributed by atoms with Crippen molar-refractivity contribution in [2.24, 2.45) is 0 Å². The molecule has 1 aromatic rings. The van der Waals surface area contributed by atoms with E-state index in [1.807, 2.05) is 13.8 Å². The highest BCUT2D eigenvalue weighted by molar-refractivity contribution is 14.1. The van der Waals surface area contributed by atoms with Gasteiger partial charge in [-0.2, -0.15) is 0 Å². The molecule has 0 aliphatic rings. The highest BCUT2D eigenvalue weighted by atomic mass is 127. The topological polar surface area (TPSA) is 50.4 Å². The van der Waals surface area contributed by atoms with Crippen LogP contribution in [0.5, 0.6) is 5.75 Å². The number of thiocarbonyl (C=S) groups is 1. The Balaban J connectivity index is 2.73. The van der Waals surface area contributed by atoms with Crippen molar-refractivity contribution in [2.45, 2.75) is 19.9 Å². The van der Waals surface area contributed by atoms with Crippen LogP contribution in [0.3, 0.4) is 0 Å². The molecule has 0 aliphatic heterocycles. The van der Waals surface area contributed by atoms with Gasteiger partial charge in [0.15, 0.2) is 5.11 Å². The number of ether oxygens (including phenoxy) is 1. The molecule has 6 heteroatoms. The van der Waals surface area contributed by atoms with E-state index in [1.54, 1.807) is 25.3 Å². The maximum atomic E-state index is 11.9. The number of amides is 1. The molecule has 0 radical (unpaired) electrons. The molecule has 0 saturated heterocycles. The number of carbonyl (C=O) groups excluding carboxylic acids is 1. The third-order valence-corrected chi connectivity index (χ3v) is 3.12. The van der Waals surface area contributed by atoms with Gasteiger partial charge < -0.3 is 10.1 Å². The van der Waals surface area contributed by atoms with Crippen LogP contribution < -0.4 is 15.4 Å². The number of nitrogens with one attached hydrogen (secondary N) is 2. The molecule has 4 nitrogen and oxygen atoms in total. The fraction of sp³-hybridized carbons (Fsp3) is 0.333. The van der Waals surface area contributed by atoms with Crippen LogP contribution in [0.1, 0.15) is 24.2 Å². The van der Waals surface area contributed by atoms with E-state index in [0.717, 1.165) is 9.32 Å². The Morgan fingerprint density at radius 3 is 2.61 bits per heavy atom. The minimum Gasteiger partial charge on any atom is -0.496 e. The van der Waals surface area contributed by atoms with Crippen molar-refractivity contribution in [3.8, 4) is 5.75 Å². The molecule has 1 amide bonds. The standard InChI is InChI=1S/C12H15IN2O2S/c1-7(2)14-12(18)15-11(16)8-4-5-10(17-3)9(13)6-8/h4-7H,1-3H3,(H2,14,15,16,18). The predicted octanol–water partition coefficient (Wildman–Crippen LogP) is 2.31. The molecule has 98 valence electrons. The Morgan fingerprint density at radius 1 is 1.44 bits per heavy atom. The van der Waals surface area contributed by atoms with Gasteiger partial charge in [0.25, 0.3) is 5.91 Å². The van der Waals surface area contributed by atoms with E-state index < -0.39 is 0 Å². The number of benzene rings is 1. The zero-order chi connectivity index (χ0) is 13.7. The van der Waals surface area contributed by atoms with Gasteiger partial charge in [0, 0.05) is 11.6 Å². The molecule has 0 bridgehead atoms. The van der Waals surface area contributed by atoms with Crippen molar-refractivity contribution in [3.63, 3.8) is 0 Å². The van der Waals surface area contributed by atoms with Gasteiger partial charge in [-0.1, -0.05) is 0 Å². The number of carbonyl (C=O) groups is 1. The van der Waals surface area contributed by atoms with Crippen LogP contribution in [-0.4, -0.2) is 24.2 Å². The average molecular weight is 378 g/mol. The highest BCUT2D eigenvalue weighted by Crippen LogP contribution is 2.21. The minimum atomic E-state index is -0.228. The summed E-state index contributed by atoms with van der Waals surface area (Å²) in [6.07, 6.45) is 0. The van der Waals surface area contributed by atoms with E-state index in [0.29, 0.717) is 10.7 Å². The van der Waals surface area contributed by atoms with E-state index in [1.165, 1.54) is 0 Å². The maximum absolute atomic E-state index is 11.9. The molecule has 0 aromatic heterocycles. The third-order valence-electron chi connectivity index (χ3n) is 2.06. The van der Waals surface area contributed by atoms with E-state index in [4.69, 9.17) is 17.0 Å². The Bertz CT molecular complexity index is 463. The van der Waals surface area contributed by atoms with E-state index >= 15 is 0 Å². The average Bonchev–Trinajstić information content (AvgIpc) is 2.27. The summed E-state index contributed by atoms with van der Waals surface area (Å²) in [5, 5.41) is 5.92. The van der Waals surface area contributed by atoms with Gasteiger partial charge in [-0.3, -0.25) is 10.1 Å². The molecule has 0 heterocycles. The van der Waals surface area contributed by atoms with Crippen molar-refractivity contribution in [3.05, 3.63) is 27.3 Å². The molecule has 0 aliphatic carbocycles. The summed E-state index contributed by atoms with van der Waals surface area (Å²) in [5.74, 6) is 0.517. The van der Waals surface area contributed by atoms with Crippen LogP contribution >= 0.6 is 34.8 Å². The first-order valence-corrected chi connectivity index (χ1v) is 6.88. The Morgan fingerprint density at radius 2 is 2.11 bits per heavy atom. The van der Waals surface area contributed by atoms with E-state index in [-0.39, 0.29) is 11.9 Å². The second kappa shape index (κ2) is 6.89. The van der Waals surface area contributed by atoms with Gasteiger partial charge in [0.05, 0.1) is 10.7 Å². The summed E-state index contributed by atoms with van der Waals surface area (Å²) in [7, 11) is 1.60. The van der Waals surface area contributed by atoms with Crippen LogP contribution in [0.25, 0.3) is 0 Å². The van der Waals surface area contributed by atoms with Crippen LogP contribution in [0.2, 0.25) is 0 Å². The smallest absolute Gasteiger partial charge is 0.257 e. The molecular weight excluding hydrogens is 363 g/mol. The summed E-state index contributed by atoms with van der Waals surface area (Å²) in [4.78, 5) is 11.9. The monoisotopic (exact) mass is 378 g/mol. The van der Waals surface area contributed by atoms with Gasteiger partial charge in [0.1, 0.15) is 5.75 Å². The van der Waals surface area contributed by atoms with Crippen molar-refractivity contribution < 1.29 is 9.53 Å². The first kappa shape index (κ1) is 15.2. The fourth-order valence-electron chi connectivity index (χ4n) is 1.28. The van der Waals surface area contributed by atoms with Crippen LogP contribution in [0.4, 0.5) is 0 Å². The van der Waals surface area contributed by atoms with Gasteiger partial charge >= 0.3 is 0 Å². The normalized spacial score (nSPS) is 10.1. The summed E-state index contributed by atoms with van der Waals surface area (Å²) < 4.78 is 6.02. The summed E-state index contributed by atoms with van der Waals surface area (Å²) >= 11 is 7.14. The summed E-state index contributed by atoms with van der Waals surface area (Å²) in [6.45, 7) is 3.91. The number of hydrogen-bond donors (Lipinski definition) is 2. The minimum absolute atomic E-state index is 0.189. The lowest BCUT2D eigenvalue weighted by atomic mass is 10.2. The van der Waals surface area contributed by atoms with E-state index in [9.17, 15) is 4.79 Å². The SMILES string of the molecule is COc1ccc(C(=O)NC(=S)NC(C)C)cc1I. The van der Waals surface area contributed by atoms with Gasteiger partial charge in [-0.05, 0) is 66.9 Å². The lowest BCUT2D eigenvalue weighted by molar-refractivity contribution is 0.0976. The summed E-state index contributed by atoms with van der Waals surface area (Å²) in [6, 6.07) is 5.41. The number of hydrogen-bond acceptors (Lipinski definition) is 3. The molecule has 2 N–H and O–H groups in total. The van der Waals surface area contributed by atoms with Crippen molar-refractivity contribution >= 4 is 45.8 Å². The van der Waals surface area contributed by atoms with Crippen molar-refractivity contribution in [1.82, 2.24) is 10.6 Å². The zero-order valence-corrected chi connectivity index (χ0v) is 13.4. The molecule has 0 fully saturated rings. The van der Waals surface area contributed by atoms with Crippen molar-refractivity contribution in [2.75, 3.05) is 7.11 Å². The van der Waals surface area contributed by atoms with Crippen LogP contribution in [0, 0.1) is 3.57 Å². The van der Waals surface area contributed by atoms with Gasteiger partial charge in [-0.25, -0.2) is 0 Å². The maximum Gasteiger partial charge on any atom is 0.257 e. The Hall–Kier alpha value is -0.890. The Kier molecular flexibility index (Phi) is 5.80. The first-order valence-electron chi connectivity index (χ1n) is 5.39. The second-order valence-corrected chi connectivity index (χ2v) is 5.50. The fourth-order valence-corrected chi connectivity index (χ4v) is 2.35. The molecule has 1 rings (SSSR count). The zero-order valence-electron chi connectivity index (χ0n) is 10.4. The number of halogens is 1. The lowest BCUT2D eigenvalue weighted by Gasteiger charge is -2.12. The van der Waals surface area contributed by atoms with Gasteiger partial charge in [0.2, 0.25) is 0 Å². The number of rotatable bonds is 3. The molecule has 0 saturated carbocycles. The lowest BCUT2D eigenvalue weighted by Crippen LogP contribution is -2.42. The predicted molar refractivity (Wildman–Crippen MR) is 84.0 cm³/mol. The van der Waals surface area contributed by atoms with Crippen LogP contribution in [-0.2, 0) is 0 Å². The van der Waals surface area contributed by atoms with E-state index in [2.05, 4.69) is 33.2 Å². The highest BCUT2D eigenvalue weighted by Gasteiger charge is 2.10. The molecule has 0 spiro atoms. The summed E-state index contributed by atoms with van der Waals surface area (Å²) in [5.41, 5.74) is 0.549. The molecule has 0 unspecified atom stereocenters.